The molecule has 1 aromatic heterocycles. The number of amides is 1. The number of nitrogens with zero attached hydrogens (tertiary/aromatic N) is 4. The summed E-state index contributed by atoms with van der Waals surface area (Å²) in [5.74, 6) is -1.28. The van der Waals surface area contributed by atoms with Gasteiger partial charge in [-0.05, 0) is 36.4 Å². The maximum Gasteiger partial charge on any atom is 0.278 e. The molecule has 12 heteroatoms. The van der Waals surface area contributed by atoms with E-state index >= 15 is 0 Å². The van der Waals surface area contributed by atoms with E-state index in [0.29, 0.717) is 11.3 Å². The Labute approximate surface area is 198 Å². The van der Waals surface area contributed by atoms with Crippen molar-refractivity contribution in [3.63, 3.8) is 0 Å². The molecule has 35 heavy (non-hydrogen) atoms. The number of carbonyl (C=O) groups excluding carboxylic acids is 1. The number of hydrogen-bond donors (Lipinski definition) is 1. The van der Waals surface area contributed by atoms with E-state index < -0.39 is 26.7 Å². The Bertz CT molecular complexity index is 1620. The van der Waals surface area contributed by atoms with Gasteiger partial charge in [-0.3, -0.25) is 19.2 Å². The number of aromatic nitrogens is 2. The molecule has 0 saturated carbocycles. The number of fused-ring (bicyclic) bond motifs is 3. The first-order valence-electron chi connectivity index (χ1n) is 10.2. The summed E-state index contributed by atoms with van der Waals surface area (Å²) in [4.78, 5) is 23.6. The smallest absolute Gasteiger partial charge is 0.278 e. The average Bonchev–Trinajstić information content (AvgIpc) is 3.24. The molecule has 0 radical (unpaired) electrons. The second kappa shape index (κ2) is 8.02. The Balaban J connectivity index is 1.70. The van der Waals surface area contributed by atoms with E-state index in [1.165, 1.54) is 60.3 Å². The molecule has 1 N–H and O–H groups in total. The van der Waals surface area contributed by atoms with Crippen molar-refractivity contribution in [3.8, 4) is 16.9 Å². The summed E-state index contributed by atoms with van der Waals surface area (Å²) in [7, 11) is -2.69. The van der Waals surface area contributed by atoms with Crippen LogP contribution in [0.15, 0.2) is 77.7 Å². The highest BCUT2D eigenvalue weighted by Gasteiger charge is 2.39. The molecule has 0 fully saturated rings. The van der Waals surface area contributed by atoms with E-state index in [2.05, 4.69) is 10.4 Å². The van der Waals surface area contributed by atoms with Gasteiger partial charge in [-0.15, -0.1) is 0 Å². The molecule has 2 heterocycles. The minimum atomic E-state index is -4.00. The van der Waals surface area contributed by atoms with E-state index in [-0.39, 0.29) is 33.3 Å². The number of non-ortho nitro benzene ring substituents is 1. The molecule has 0 unspecified atom stereocenters. The lowest BCUT2D eigenvalue weighted by Crippen LogP contribution is -2.32. The van der Waals surface area contributed by atoms with Crippen molar-refractivity contribution >= 4 is 33.0 Å². The normalized spacial score (nSPS) is 13.6. The average molecular weight is 493 g/mol. The van der Waals surface area contributed by atoms with Gasteiger partial charge in [-0.25, -0.2) is 17.5 Å². The highest BCUT2D eigenvalue weighted by Crippen LogP contribution is 2.45. The zero-order valence-corrected chi connectivity index (χ0v) is 18.9. The van der Waals surface area contributed by atoms with Crippen LogP contribution in [0.25, 0.3) is 16.9 Å². The number of benzene rings is 3. The van der Waals surface area contributed by atoms with Gasteiger partial charge in [0, 0.05) is 30.4 Å². The molecule has 0 bridgehead atoms. The number of anilines is 2. The minimum absolute atomic E-state index is 0.0207. The van der Waals surface area contributed by atoms with Gasteiger partial charge >= 0.3 is 0 Å². The molecule has 3 aromatic carbocycles. The number of nitrogens with one attached hydrogen (secondary N) is 1. The molecule has 0 spiro atoms. The van der Waals surface area contributed by atoms with E-state index in [0.717, 1.165) is 4.31 Å². The fourth-order valence-electron chi connectivity index (χ4n) is 3.91. The van der Waals surface area contributed by atoms with Gasteiger partial charge in [0.15, 0.2) is 5.69 Å². The summed E-state index contributed by atoms with van der Waals surface area (Å²) in [6.45, 7) is 0. The van der Waals surface area contributed by atoms with Crippen molar-refractivity contribution in [2.45, 2.75) is 4.90 Å². The summed E-state index contributed by atoms with van der Waals surface area (Å²) < 4.78 is 42.8. The molecular weight excluding hydrogens is 477 g/mol. The minimum Gasteiger partial charge on any atom is -0.321 e. The lowest BCUT2D eigenvalue weighted by Gasteiger charge is -2.27. The van der Waals surface area contributed by atoms with Crippen molar-refractivity contribution in [1.29, 1.82) is 0 Å². The third-order valence-electron chi connectivity index (χ3n) is 5.56. The van der Waals surface area contributed by atoms with E-state index in [1.54, 1.807) is 24.3 Å². The van der Waals surface area contributed by atoms with Crippen LogP contribution >= 0.6 is 0 Å². The summed E-state index contributed by atoms with van der Waals surface area (Å²) in [5.41, 5.74) is 0.799. The topological polar surface area (TPSA) is 127 Å². The van der Waals surface area contributed by atoms with Crippen LogP contribution in [-0.4, -0.2) is 36.1 Å². The number of rotatable bonds is 4. The van der Waals surface area contributed by atoms with Crippen LogP contribution in [0.1, 0.15) is 10.5 Å². The molecule has 1 amide bonds. The highest BCUT2D eigenvalue weighted by molar-refractivity contribution is 7.93. The van der Waals surface area contributed by atoms with Crippen molar-refractivity contribution in [1.82, 2.24) is 9.78 Å². The zero-order valence-electron chi connectivity index (χ0n) is 18.0. The van der Waals surface area contributed by atoms with Crippen molar-refractivity contribution in [2.75, 3.05) is 16.7 Å². The predicted octanol–water partition coefficient (Wildman–Crippen LogP) is 3.98. The first-order valence-corrected chi connectivity index (χ1v) is 11.7. The largest absolute Gasteiger partial charge is 0.321 e. The monoisotopic (exact) mass is 493 g/mol. The summed E-state index contributed by atoms with van der Waals surface area (Å²) in [6.07, 6.45) is 0. The fourth-order valence-corrected chi connectivity index (χ4v) is 5.31. The molecule has 0 aliphatic carbocycles. The van der Waals surface area contributed by atoms with Gasteiger partial charge in [0.2, 0.25) is 0 Å². The van der Waals surface area contributed by atoms with E-state index in [1.807, 2.05) is 0 Å². The number of nitro benzene ring substituents is 1. The molecule has 0 saturated heterocycles. The van der Waals surface area contributed by atoms with E-state index in [4.69, 9.17) is 0 Å². The third-order valence-corrected chi connectivity index (χ3v) is 7.38. The van der Waals surface area contributed by atoms with Gasteiger partial charge < -0.3 is 5.32 Å². The first kappa shape index (κ1) is 22.2. The SMILES string of the molecule is CN1c2c(C(=O)Nc3ccc([N+](=O)[O-])cc3)nn(-c3cccc(F)c3)c2-c2ccccc2S1(=O)=O. The molecular formula is C23H16FN5O5S. The molecule has 10 nitrogen and oxygen atoms in total. The molecule has 0 atom stereocenters. The van der Waals surface area contributed by atoms with Crippen molar-refractivity contribution < 1.29 is 22.5 Å². The van der Waals surface area contributed by atoms with Gasteiger partial charge in [0.25, 0.3) is 21.6 Å². The van der Waals surface area contributed by atoms with Crippen LogP contribution < -0.4 is 9.62 Å². The molecule has 5 rings (SSSR count). The van der Waals surface area contributed by atoms with Gasteiger partial charge in [-0.1, -0.05) is 24.3 Å². The van der Waals surface area contributed by atoms with Crippen molar-refractivity contribution in [2.24, 2.45) is 0 Å². The Kier molecular flexibility index (Phi) is 5.09. The number of halogens is 1. The third kappa shape index (κ3) is 3.60. The zero-order chi connectivity index (χ0) is 24.9. The van der Waals surface area contributed by atoms with Gasteiger partial charge in [0.05, 0.1) is 15.5 Å². The molecule has 1 aliphatic heterocycles. The van der Waals surface area contributed by atoms with Crippen LogP contribution in [0.5, 0.6) is 0 Å². The van der Waals surface area contributed by atoms with E-state index in [9.17, 15) is 27.7 Å². The number of nitro groups is 1. The lowest BCUT2D eigenvalue weighted by atomic mass is 10.1. The Morgan fingerprint density at radius 2 is 1.77 bits per heavy atom. The highest BCUT2D eigenvalue weighted by atomic mass is 32.2. The number of sulfonamides is 1. The molecule has 1 aliphatic rings. The summed E-state index contributed by atoms with van der Waals surface area (Å²) in [5, 5.41) is 17.9. The standard InChI is InChI=1S/C23H16FN5O5S/c1-27-22-20(23(30)25-15-9-11-16(12-10-15)29(31)32)26-28(17-6-4-5-14(24)13-17)21(22)18-7-2-3-8-19(18)35(27,33)34/h2-13H,1H3,(H,25,30). The molecule has 4 aromatic rings. The van der Waals surface area contributed by atoms with Crippen LogP contribution in [0.4, 0.5) is 21.5 Å². The summed E-state index contributed by atoms with van der Waals surface area (Å²) in [6, 6.07) is 17.0. The lowest BCUT2D eigenvalue weighted by molar-refractivity contribution is -0.384. The van der Waals surface area contributed by atoms with Crippen LogP contribution in [-0.2, 0) is 10.0 Å². The quantitative estimate of drug-likeness (QED) is 0.338. The van der Waals surface area contributed by atoms with Gasteiger partial charge in [0.1, 0.15) is 17.2 Å². The van der Waals surface area contributed by atoms with Gasteiger partial charge in [-0.2, -0.15) is 5.10 Å². The first-order chi connectivity index (χ1) is 16.7. The fraction of sp³-hybridized carbons (Fsp3) is 0.0435. The Morgan fingerprint density at radius 3 is 2.46 bits per heavy atom. The predicted molar refractivity (Wildman–Crippen MR) is 126 cm³/mol. The summed E-state index contributed by atoms with van der Waals surface area (Å²) >= 11 is 0. The van der Waals surface area contributed by atoms with Crippen LogP contribution in [0.3, 0.4) is 0 Å². The Morgan fingerprint density at radius 1 is 1.06 bits per heavy atom. The number of carbonyl (C=O) groups is 1. The second-order valence-electron chi connectivity index (χ2n) is 7.66. The maximum atomic E-state index is 14.0. The maximum absolute atomic E-state index is 14.0. The second-order valence-corrected chi connectivity index (χ2v) is 9.60. The van der Waals surface area contributed by atoms with Crippen LogP contribution in [0, 0.1) is 15.9 Å². The van der Waals surface area contributed by atoms with Crippen LogP contribution in [0.2, 0.25) is 0 Å². The number of hydrogen-bond acceptors (Lipinski definition) is 6. The van der Waals surface area contributed by atoms with Crippen molar-refractivity contribution in [3.05, 3.63) is 94.4 Å². The molecule has 176 valence electrons. The Hall–Kier alpha value is -4.58.